The minimum absolute atomic E-state index is 0.127. The maximum absolute atomic E-state index is 15.3. The molecule has 59 heavy (non-hydrogen) atoms. The van der Waals surface area contributed by atoms with Crippen molar-refractivity contribution in [2.24, 2.45) is 17.3 Å². The van der Waals surface area contributed by atoms with Crippen LogP contribution in [-0.4, -0.2) is 122 Å². The normalized spacial score (nSPS) is 35.6. The molecule has 5 aliphatic heterocycles. The Morgan fingerprint density at radius 3 is 2.47 bits per heavy atom. The lowest BCUT2D eigenvalue weighted by Gasteiger charge is -2.63. The predicted molar refractivity (Wildman–Crippen MR) is 219 cm³/mol. The van der Waals surface area contributed by atoms with Gasteiger partial charge in [-0.2, -0.15) is 0 Å². The molecule has 1 aromatic heterocycles. The van der Waals surface area contributed by atoms with Crippen LogP contribution in [0.2, 0.25) is 0 Å². The van der Waals surface area contributed by atoms with Gasteiger partial charge in [-0.05, 0) is 73.7 Å². The predicted octanol–water partition coefficient (Wildman–Crippen LogP) is 4.40. The third-order valence-corrected chi connectivity index (χ3v) is 15.4. The van der Waals surface area contributed by atoms with Crippen molar-refractivity contribution in [1.82, 2.24) is 14.8 Å². The number of nitrogens with one attached hydrogen (secondary N) is 1. The molecule has 314 valence electrons. The number of para-hydroxylation sites is 1. The zero-order chi connectivity index (χ0) is 41.6. The maximum Gasteiger partial charge on any atom is 0.344 e. The van der Waals surface area contributed by atoms with Gasteiger partial charge in [0.15, 0.2) is 6.10 Å². The summed E-state index contributed by atoms with van der Waals surface area (Å²) >= 11 is 0. The number of anilines is 1. The number of aliphatic hydroxyl groups is 1. The van der Waals surface area contributed by atoms with E-state index in [1.807, 2.05) is 43.3 Å². The number of ether oxygens (including phenoxy) is 4. The average molecular weight is 809 g/mol. The smallest absolute Gasteiger partial charge is 0.344 e. The van der Waals surface area contributed by atoms with Crippen LogP contribution in [0.3, 0.4) is 0 Å². The number of amides is 1. The van der Waals surface area contributed by atoms with Gasteiger partial charge in [-0.25, -0.2) is 4.79 Å². The summed E-state index contributed by atoms with van der Waals surface area (Å²) in [6.07, 6.45) is 7.25. The monoisotopic (exact) mass is 808 g/mol. The quantitative estimate of drug-likeness (QED) is 0.144. The molecular weight excluding hydrogens is 753 g/mol. The molecule has 6 aliphatic rings. The standard InChI is InChI=1S/C46H56N4O9/c1-7-28-20-29-23-45(41(53)57-5,37-31(14-18-48(24-28)25-29)30-12-9-10-13-34(30)47-37)33-21-32-35(22-36(33)56-4)50(26-51)39-44(32)16-19-49-17-11-15-43(8-2,38(44)49)40(59-27(3)52)46(39,55)42(54)58-6/h9-13,15,21-22,26,28-29,38-40,47,55H,7-8,14,16-20,23-25H2,1-6H3/t28-,29+,38-,39+,40+,43+,44+,45-,46+/m0/s1. The van der Waals surface area contributed by atoms with Gasteiger partial charge in [-0.3, -0.25) is 19.3 Å². The average Bonchev–Trinajstić information content (AvgIpc) is 3.92. The fraction of sp³-hybridized carbons (Fsp3) is 0.565. The first-order chi connectivity index (χ1) is 28.4. The van der Waals surface area contributed by atoms with Gasteiger partial charge in [0, 0.05) is 78.2 Å². The number of fused-ring (bicyclic) bond motifs is 6. The number of carbonyl (C=O) groups excluding carboxylic acids is 4. The van der Waals surface area contributed by atoms with Gasteiger partial charge in [0.05, 0.1) is 33.1 Å². The van der Waals surface area contributed by atoms with E-state index in [1.165, 1.54) is 26.0 Å². The third-order valence-electron chi connectivity index (χ3n) is 15.4. The number of nitrogens with zero attached hydrogens (tertiary/aromatic N) is 3. The van der Waals surface area contributed by atoms with Crippen LogP contribution in [0.5, 0.6) is 5.75 Å². The molecule has 1 amide bonds. The van der Waals surface area contributed by atoms with Crippen molar-refractivity contribution in [3.63, 3.8) is 0 Å². The number of carbonyl (C=O) groups is 4. The van der Waals surface area contributed by atoms with E-state index in [9.17, 15) is 19.5 Å². The van der Waals surface area contributed by atoms with E-state index >= 15 is 4.79 Å². The Morgan fingerprint density at radius 1 is 1.00 bits per heavy atom. The number of esters is 3. The molecule has 1 aliphatic carbocycles. The van der Waals surface area contributed by atoms with Crippen molar-refractivity contribution in [3.8, 4) is 5.75 Å². The number of aromatic nitrogens is 1. The molecule has 2 bridgehead atoms. The lowest BCUT2D eigenvalue weighted by Crippen LogP contribution is -2.81. The van der Waals surface area contributed by atoms with Crippen molar-refractivity contribution in [3.05, 3.63) is 70.9 Å². The molecule has 13 nitrogen and oxygen atoms in total. The molecule has 6 heterocycles. The highest BCUT2D eigenvalue weighted by atomic mass is 16.6. The molecule has 1 spiro atoms. The molecular formula is C46H56N4O9. The largest absolute Gasteiger partial charge is 0.496 e. The topological polar surface area (TPSA) is 151 Å². The zero-order valence-corrected chi connectivity index (χ0v) is 34.9. The second-order valence-corrected chi connectivity index (χ2v) is 17.9. The number of hydrogen-bond acceptors (Lipinski definition) is 11. The number of methoxy groups -OCH3 is 3. The Hall–Kier alpha value is -4.72. The van der Waals surface area contributed by atoms with Crippen LogP contribution in [0.25, 0.3) is 10.9 Å². The second kappa shape index (κ2) is 14.2. The Labute approximate surface area is 345 Å². The van der Waals surface area contributed by atoms with Crippen LogP contribution in [0, 0.1) is 17.3 Å². The summed E-state index contributed by atoms with van der Waals surface area (Å²) in [6.45, 7) is 9.32. The van der Waals surface area contributed by atoms with Crippen molar-refractivity contribution in [1.29, 1.82) is 0 Å². The van der Waals surface area contributed by atoms with Crippen molar-refractivity contribution in [2.45, 2.75) is 93.9 Å². The van der Waals surface area contributed by atoms with Crippen LogP contribution in [0.4, 0.5) is 5.69 Å². The first kappa shape index (κ1) is 39.7. The molecule has 2 N–H and O–H groups in total. The van der Waals surface area contributed by atoms with Gasteiger partial charge in [0.25, 0.3) is 0 Å². The molecule has 13 heteroatoms. The molecule has 2 aromatic carbocycles. The van der Waals surface area contributed by atoms with Crippen LogP contribution in [0.1, 0.15) is 75.3 Å². The number of benzene rings is 2. The number of aromatic amines is 1. The fourth-order valence-electron chi connectivity index (χ4n) is 13.3. The number of hydrogen-bond donors (Lipinski definition) is 2. The highest BCUT2D eigenvalue weighted by Crippen LogP contribution is 2.68. The van der Waals surface area contributed by atoms with Gasteiger partial charge in [0.2, 0.25) is 12.0 Å². The van der Waals surface area contributed by atoms with Gasteiger partial charge in [0.1, 0.15) is 11.2 Å². The van der Waals surface area contributed by atoms with Gasteiger partial charge < -0.3 is 38.8 Å². The van der Waals surface area contributed by atoms with E-state index < -0.39 is 57.9 Å². The zero-order valence-electron chi connectivity index (χ0n) is 34.9. The van der Waals surface area contributed by atoms with Crippen molar-refractivity contribution in [2.75, 3.05) is 59.0 Å². The first-order valence-electron chi connectivity index (χ1n) is 21.2. The highest BCUT2D eigenvalue weighted by molar-refractivity contribution is 5.96. The first-order valence-corrected chi connectivity index (χ1v) is 21.2. The molecule has 3 aromatic rings. The fourth-order valence-corrected chi connectivity index (χ4v) is 13.3. The Bertz CT molecular complexity index is 2260. The van der Waals surface area contributed by atoms with E-state index in [4.69, 9.17) is 18.9 Å². The molecule has 3 fully saturated rings. The lowest BCUT2D eigenvalue weighted by atomic mass is 9.47. The lowest BCUT2D eigenvalue weighted by molar-refractivity contribution is -0.228. The minimum Gasteiger partial charge on any atom is -0.496 e. The van der Waals surface area contributed by atoms with Crippen LogP contribution >= 0.6 is 0 Å². The molecule has 10 atom stereocenters. The molecule has 9 rings (SSSR count). The van der Waals surface area contributed by atoms with Crippen molar-refractivity contribution < 1.29 is 43.2 Å². The summed E-state index contributed by atoms with van der Waals surface area (Å²) < 4.78 is 23.8. The Kier molecular flexibility index (Phi) is 9.56. The second-order valence-electron chi connectivity index (χ2n) is 17.9. The van der Waals surface area contributed by atoms with Gasteiger partial charge >= 0.3 is 17.9 Å². The number of H-pyrrole nitrogens is 1. The van der Waals surface area contributed by atoms with Crippen LogP contribution in [-0.2, 0) is 50.6 Å². The Morgan fingerprint density at radius 2 is 1.78 bits per heavy atom. The third kappa shape index (κ3) is 5.19. The number of rotatable bonds is 8. The number of piperidine rings is 1. The SMILES string of the molecule is CC[C@H]1C[C@H]2CN(CCc3c([nH]c4ccccc34)[C@@](C(=O)OC)(c3cc4c(cc3OC)N(C=O)[C@H]3[C@](O)(C(=O)OC)[C@H](OC(C)=O)[C@]5(CC)C=CCN6CC[C@]43[C@@H]65)C2)C1. The van der Waals surface area contributed by atoms with Gasteiger partial charge in [-0.15, -0.1) is 0 Å². The van der Waals surface area contributed by atoms with Crippen molar-refractivity contribution >= 4 is 40.9 Å². The maximum atomic E-state index is 15.3. The summed E-state index contributed by atoms with van der Waals surface area (Å²) in [5, 5.41) is 14.3. The van der Waals surface area contributed by atoms with E-state index in [-0.39, 0.29) is 5.92 Å². The van der Waals surface area contributed by atoms with E-state index in [2.05, 4.69) is 27.8 Å². The highest BCUT2D eigenvalue weighted by Gasteiger charge is 2.81. The Balaban J connectivity index is 1.38. The molecule has 1 saturated carbocycles. The van der Waals surface area contributed by atoms with E-state index in [1.54, 1.807) is 13.2 Å². The van der Waals surface area contributed by atoms with Gasteiger partial charge in [-0.1, -0.05) is 50.6 Å². The van der Waals surface area contributed by atoms with E-state index in [0.29, 0.717) is 73.7 Å². The summed E-state index contributed by atoms with van der Waals surface area (Å²) in [4.78, 5) is 66.5. The molecule has 1 unspecified atom stereocenters. The van der Waals surface area contributed by atoms with Crippen LogP contribution < -0.4 is 9.64 Å². The summed E-state index contributed by atoms with van der Waals surface area (Å²) in [6, 6.07) is 10.3. The summed E-state index contributed by atoms with van der Waals surface area (Å²) in [7, 11) is 4.19. The minimum atomic E-state index is -2.50. The summed E-state index contributed by atoms with van der Waals surface area (Å²) in [5.74, 6) is -1.12. The van der Waals surface area contributed by atoms with E-state index in [0.717, 1.165) is 54.6 Å². The molecule has 0 radical (unpaired) electrons. The van der Waals surface area contributed by atoms with Crippen LogP contribution in [0.15, 0.2) is 48.6 Å². The molecule has 2 saturated heterocycles. The summed E-state index contributed by atoms with van der Waals surface area (Å²) in [5.41, 5.74) is -1.54.